The van der Waals surface area contributed by atoms with E-state index < -0.39 is 5.97 Å². The zero-order valence-corrected chi connectivity index (χ0v) is 9.18. The number of aromatic nitrogens is 1. The summed E-state index contributed by atoms with van der Waals surface area (Å²) >= 11 is 0. The normalized spacial score (nSPS) is 9.50. The van der Waals surface area contributed by atoms with E-state index in [4.69, 9.17) is 11.5 Å². The lowest BCUT2D eigenvalue weighted by molar-refractivity contribution is 0.0690. The molecule has 1 rings (SSSR count). The Bertz CT molecular complexity index is 410. The van der Waals surface area contributed by atoms with Gasteiger partial charge in [-0.05, 0) is 19.1 Å². The van der Waals surface area contributed by atoms with Crippen LogP contribution in [-0.4, -0.2) is 29.1 Å². The molecule has 0 atom stereocenters. The van der Waals surface area contributed by atoms with Crippen molar-refractivity contribution >= 4 is 11.7 Å². The van der Waals surface area contributed by atoms with Crippen molar-refractivity contribution in [3.8, 4) is 12.3 Å². The Kier molecular flexibility index (Phi) is 4.34. The van der Waals surface area contributed by atoms with Crippen LogP contribution in [0, 0.1) is 12.3 Å². The molecule has 0 aliphatic heterocycles. The highest BCUT2D eigenvalue weighted by atomic mass is 16.4. The van der Waals surface area contributed by atoms with Crippen molar-refractivity contribution in [2.75, 3.05) is 18.0 Å². The van der Waals surface area contributed by atoms with E-state index in [9.17, 15) is 4.79 Å². The maximum absolute atomic E-state index is 10.8. The molecule has 0 unspecified atom stereocenters. The molecular weight excluding hydrogens is 204 g/mol. The molecule has 0 aliphatic carbocycles. The van der Waals surface area contributed by atoms with E-state index in [0.29, 0.717) is 6.42 Å². The molecule has 1 heterocycles. The summed E-state index contributed by atoms with van der Waals surface area (Å²) in [5, 5.41) is 8.83. The molecule has 0 bridgehead atoms. The molecule has 0 fully saturated rings. The van der Waals surface area contributed by atoms with Gasteiger partial charge >= 0.3 is 5.97 Å². The number of pyridine rings is 1. The Morgan fingerprint density at radius 3 is 3.00 bits per heavy atom. The topological polar surface area (TPSA) is 53.4 Å². The van der Waals surface area contributed by atoms with Crippen LogP contribution in [0.4, 0.5) is 5.69 Å². The Hall–Kier alpha value is -2.02. The van der Waals surface area contributed by atoms with Crippen molar-refractivity contribution in [3.05, 3.63) is 24.0 Å². The maximum atomic E-state index is 10.8. The molecule has 0 aliphatic rings. The number of hydrogen-bond donors (Lipinski definition) is 1. The molecule has 1 aromatic heterocycles. The predicted octanol–water partition coefficient (Wildman–Crippen LogP) is 1.63. The highest BCUT2D eigenvalue weighted by Crippen LogP contribution is 2.14. The molecule has 84 valence electrons. The second-order valence-corrected chi connectivity index (χ2v) is 3.24. The predicted molar refractivity (Wildman–Crippen MR) is 62.5 cm³/mol. The van der Waals surface area contributed by atoms with Crippen LogP contribution < -0.4 is 4.90 Å². The van der Waals surface area contributed by atoms with Gasteiger partial charge in [-0.2, -0.15) is 0 Å². The number of carboxylic acid groups (broad SMARTS) is 1. The standard InChI is InChI=1S/C12H14N2O2/c1-3-5-8-14(4-2)10-6-7-13-11(9-10)12(15)16/h1,6-7,9H,4-5,8H2,2H3,(H,15,16). The molecule has 0 aromatic carbocycles. The van der Waals surface area contributed by atoms with E-state index in [2.05, 4.69) is 10.9 Å². The summed E-state index contributed by atoms with van der Waals surface area (Å²) in [5.74, 6) is 1.55. The summed E-state index contributed by atoms with van der Waals surface area (Å²) in [6.07, 6.45) is 7.34. The van der Waals surface area contributed by atoms with Gasteiger partial charge in [0, 0.05) is 31.4 Å². The quantitative estimate of drug-likeness (QED) is 0.763. The van der Waals surface area contributed by atoms with E-state index >= 15 is 0 Å². The minimum atomic E-state index is -1.02. The Balaban J connectivity index is 2.88. The summed E-state index contributed by atoms with van der Waals surface area (Å²) < 4.78 is 0. The van der Waals surface area contributed by atoms with Crippen molar-refractivity contribution in [1.82, 2.24) is 4.98 Å². The van der Waals surface area contributed by atoms with Crippen molar-refractivity contribution in [1.29, 1.82) is 0 Å². The zero-order valence-electron chi connectivity index (χ0n) is 9.18. The SMILES string of the molecule is C#CCCN(CC)c1ccnc(C(=O)O)c1. The highest BCUT2D eigenvalue weighted by molar-refractivity contribution is 5.86. The number of aromatic carboxylic acids is 1. The van der Waals surface area contributed by atoms with Crippen molar-refractivity contribution in [3.63, 3.8) is 0 Å². The molecule has 4 nitrogen and oxygen atoms in total. The fourth-order valence-electron chi connectivity index (χ4n) is 1.40. The molecular formula is C12H14N2O2. The fraction of sp³-hybridized carbons (Fsp3) is 0.333. The highest BCUT2D eigenvalue weighted by Gasteiger charge is 2.08. The number of carboxylic acids is 1. The Morgan fingerprint density at radius 1 is 1.69 bits per heavy atom. The van der Waals surface area contributed by atoms with Crippen LogP contribution in [0.2, 0.25) is 0 Å². The number of anilines is 1. The summed E-state index contributed by atoms with van der Waals surface area (Å²) in [7, 11) is 0. The van der Waals surface area contributed by atoms with Crippen molar-refractivity contribution < 1.29 is 9.90 Å². The van der Waals surface area contributed by atoms with E-state index in [0.717, 1.165) is 18.8 Å². The lowest BCUT2D eigenvalue weighted by atomic mass is 10.2. The first-order valence-electron chi connectivity index (χ1n) is 5.06. The first kappa shape index (κ1) is 12.1. The molecule has 4 heteroatoms. The van der Waals surface area contributed by atoms with E-state index in [-0.39, 0.29) is 5.69 Å². The van der Waals surface area contributed by atoms with Crippen LogP contribution in [0.15, 0.2) is 18.3 Å². The molecule has 16 heavy (non-hydrogen) atoms. The van der Waals surface area contributed by atoms with Crippen LogP contribution in [0.5, 0.6) is 0 Å². The minimum absolute atomic E-state index is 0.0525. The lowest BCUT2D eigenvalue weighted by Gasteiger charge is -2.21. The second-order valence-electron chi connectivity index (χ2n) is 3.24. The number of carbonyl (C=O) groups is 1. The van der Waals surface area contributed by atoms with Gasteiger partial charge in [0.2, 0.25) is 0 Å². The number of rotatable bonds is 5. The van der Waals surface area contributed by atoms with Gasteiger partial charge in [-0.1, -0.05) is 0 Å². The van der Waals surface area contributed by atoms with Gasteiger partial charge < -0.3 is 10.0 Å². The minimum Gasteiger partial charge on any atom is -0.477 e. The van der Waals surface area contributed by atoms with Gasteiger partial charge in [0.1, 0.15) is 5.69 Å². The third kappa shape index (κ3) is 2.99. The molecule has 0 radical (unpaired) electrons. The van der Waals surface area contributed by atoms with Gasteiger partial charge in [0.05, 0.1) is 0 Å². The Morgan fingerprint density at radius 2 is 2.44 bits per heavy atom. The molecule has 0 saturated carbocycles. The molecule has 1 N–H and O–H groups in total. The smallest absolute Gasteiger partial charge is 0.354 e. The third-order valence-corrected chi connectivity index (χ3v) is 2.24. The summed E-state index contributed by atoms with van der Waals surface area (Å²) in [6.45, 7) is 3.50. The largest absolute Gasteiger partial charge is 0.477 e. The third-order valence-electron chi connectivity index (χ3n) is 2.24. The molecule has 0 saturated heterocycles. The van der Waals surface area contributed by atoms with Gasteiger partial charge in [-0.15, -0.1) is 12.3 Å². The van der Waals surface area contributed by atoms with Crippen molar-refractivity contribution in [2.45, 2.75) is 13.3 Å². The molecule has 0 amide bonds. The monoisotopic (exact) mass is 218 g/mol. The zero-order chi connectivity index (χ0) is 12.0. The van der Waals surface area contributed by atoms with E-state index in [1.807, 2.05) is 11.8 Å². The summed E-state index contributed by atoms with van der Waals surface area (Å²) in [6, 6.07) is 3.34. The second kappa shape index (κ2) is 5.76. The molecule has 1 aromatic rings. The first-order chi connectivity index (χ1) is 7.69. The fourth-order valence-corrected chi connectivity index (χ4v) is 1.40. The van der Waals surface area contributed by atoms with Crippen LogP contribution in [0.3, 0.4) is 0 Å². The maximum Gasteiger partial charge on any atom is 0.354 e. The number of terminal acetylenes is 1. The summed E-state index contributed by atoms with van der Waals surface area (Å²) in [5.41, 5.74) is 0.891. The van der Waals surface area contributed by atoms with E-state index in [1.54, 1.807) is 12.1 Å². The van der Waals surface area contributed by atoms with Gasteiger partial charge in [-0.25, -0.2) is 9.78 Å². The van der Waals surface area contributed by atoms with Crippen LogP contribution >= 0.6 is 0 Å². The van der Waals surface area contributed by atoms with Crippen LogP contribution in [0.1, 0.15) is 23.8 Å². The van der Waals surface area contributed by atoms with Gasteiger partial charge in [0.25, 0.3) is 0 Å². The first-order valence-corrected chi connectivity index (χ1v) is 5.06. The summed E-state index contributed by atoms with van der Waals surface area (Å²) in [4.78, 5) is 16.6. The van der Waals surface area contributed by atoms with E-state index in [1.165, 1.54) is 6.20 Å². The van der Waals surface area contributed by atoms with Crippen molar-refractivity contribution in [2.24, 2.45) is 0 Å². The van der Waals surface area contributed by atoms with Gasteiger partial charge in [-0.3, -0.25) is 0 Å². The average molecular weight is 218 g/mol. The number of nitrogens with zero attached hydrogens (tertiary/aromatic N) is 2. The van der Waals surface area contributed by atoms with Gasteiger partial charge in [0.15, 0.2) is 0 Å². The Labute approximate surface area is 94.9 Å². The van der Waals surface area contributed by atoms with Crippen LogP contribution in [0.25, 0.3) is 0 Å². The average Bonchev–Trinajstić information content (AvgIpc) is 2.30. The number of hydrogen-bond acceptors (Lipinski definition) is 3. The lowest BCUT2D eigenvalue weighted by Crippen LogP contribution is -2.24. The van der Waals surface area contributed by atoms with Crippen LogP contribution in [-0.2, 0) is 0 Å². The molecule has 0 spiro atoms.